The molecule has 1 aliphatic rings. The van der Waals surface area contributed by atoms with Gasteiger partial charge in [0.25, 0.3) is 0 Å². The molecular weight excluding hydrogens is 268 g/mol. The van der Waals surface area contributed by atoms with Crippen LogP contribution in [0.15, 0.2) is 11.2 Å². The molecule has 0 saturated carbocycles. The Morgan fingerprint density at radius 2 is 2.19 bits per heavy atom. The van der Waals surface area contributed by atoms with Crippen LogP contribution in [-0.4, -0.2) is 40.3 Å². The number of anilines is 1. The maximum Gasteiger partial charge on any atom is 0.174 e. The monoisotopic (exact) mass is 292 g/mol. The molecule has 0 amide bonds. The van der Waals surface area contributed by atoms with Gasteiger partial charge in [-0.3, -0.25) is 4.98 Å². The number of amidine groups is 1. The van der Waals surface area contributed by atoms with Crippen LogP contribution < -0.4 is 10.6 Å². The highest BCUT2D eigenvalue weighted by Crippen LogP contribution is 2.29. The molecule has 1 aromatic heterocycles. The van der Waals surface area contributed by atoms with Crippen LogP contribution in [0.1, 0.15) is 42.6 Å². The van der Waals surface area contributed by atoms with Crippen LogP contribution in [0.3, 0.4) is 0 Å². The first-order chi connectivity index (χ1) is 10.1. The maximum atomic E-state index is 9.70. The van der Waals surface area contributed by atoms with E-state index < -0.39 is 0 Å². The molecule has 116 valence electrons. The lowest BCUT2D eigenvalue weighted by Gasteiger charge is -2.33. The lowest BCUT2D eigenvalue weighted by molar-refractivity contribution is 0.255. The zero-order chi connectivity index (χ0) is 15.4. The number of oxime groups is 1. The van der Waals surface area contributed by atoms with E-state index in [2.05, 4.69) is 15.0 Å². The Labute approximate surface area is 125 Å². The molecule has 0 aliphatic carbocycles. The second kappa shape index (κ2) is 6.76. The van der Waals surface area contributed by atoms with Crippen LogP contribution in [0.4, 0.5) is 5.69 Å². The molecule has 2 heterocycles. The lowest BCUT2D eigenvalue weighted by atomic mass is 10.1. The van der Waals surface area contributed by atoms with Gasteiger partial charge in [0.2, 0.25) is 0 Å². The van der Waals surface area contributed by atoms with Gasteiger partial charge in [-0.15, -0.1) is 0 Å². The molecular formula is C15H24N4O2. The fraction of sp³-hybridized carbons (Fsp3) is 0.600. The molecule has 0 spiro atoms. The minimum Gasteiger partial charge on any atom is -0.409 e. The smallest absolute Gasteiger partial charge is 0.174 e. The van der Waals surface area contributed by atoms with Crippen molar-refractivity contribution in [2.75, 3.05) is 18.1 Å². The van der Waals surface area contributed by atoms with Gasteiger partial charge in [-0.2, -0.15) is 0 Å². The first-order valence-corrected chi connectivity index (χ1v) is 7.42. The van der Waals surface area contributed by atoms with E-state index in [9.17, 15) is 5.11 Å². The Balaban J connectivity index is 2.54. The SMILES string of the molecule is Cc1cc(N2CCCCCC2CO)c(/C(N)=N/O)c(C)n1. The average molecular weight is 292 g/mol. The number of nitrogens with zero attached hydrogens (tertiary/aromatic N) is 3. The minimum atomic E-state index is 0.0657. The molecule has 4 N–H and O–H groups in total. The summed E-state index contributed by atoms with van der Waals surface area (Å²) in [5.41, 5.74) is 9.03. The van der Waals surface area contributed by atoms with E-state index in [-0.39, 0.29) is 18.5 Å². The number of aliphatic hydroxyl groups is 1. The molecule has 0 radical (unpaired) electrons. The number of nitrogens with two attached hydrogens (primary N) is 1. The van der Waals surface area contributed by atoms with Gasteiger partial charge in [0, 0.05) is 12.2 Å². The first-order valence-electron chi connectivity index (χ1n) is 7.42. The Bertz CT molecular complexity index is 531. The zero-order valence-electron chi connectivity index (χ0n) is 12.7. The molecule has 1 atom stereocenters. The van der Waals surface area contributed by atoms with Gasteiger partial charge in [0.15, 0.2) is 5.84 Å². The van der Waals surface area contributed by atoms with E-state index >= 15 is 0 Å². The fourth-order valence-corrected chi connectivity index (χ4v) is 3.09. The number of hydrogen-bond donors (Lipinski definition) is 3. The largest absolute Gasteiger partial charge is 0.409 e. The summed E-state index contributed by atoms with van der Waals surface area (Å²) in [4.78, 5) is 6.59. The molecule has 1 aromatic rings. The van der Waals surface area contributed by atoms with E-state index in [1.807, 2.05) is 19.9 Å². The highest BCUT2D eigenvalue weighted by molar-refractivity contribution is 6.03. The predicted octanol–water partition coefficient (Wildman–Crippen LogP) is 1.53. The number of pyridine rings is 1. The fourth-order valence-electron chi connectivity index (χ4n) is 3.09. The average Bonchev–Trinajstić information content (AvgIpc) is 2.70. The zero-order valence-corrected chi connectivity index (χ0v) is 12.7. The summed E-state index contributed by atoms with van der Waals surface area (Å²) in [6.45, 7) is 4.75. The third-order valence-electron chi connectivity index (χ3n) is 4.07. The summed E-state index contributed by atoms with van der Waals surface area (Å²) in [6, 6.07) is 2.02. The van der Waals surface area contributed by atoms with Gasteiger partial charge < -0.3 is 20.9 Å². The van der Waals surface area contributed by atoms with Crippen LogP contribution in [0, 0.1) is 13.8 Å². The number of rotatable bonds is 3. The Morgan fingerprint density at radius 3 is 2.86 bits per heavy atom. The van der Waals surface area contributed by atoms with Crippen molar-refractivity contribution in [3.8, 4) is 0 Å². The van der Waals surface area contributed by atoms with Gasteiger partial charge in [-0.25, -0.2) is 0 Å². The maximum absolute atomic E-state index is 9.70. The summed E-state index contributed by atoms with van der Waals surface area (Å²) in [5.74, 6) is 0.0657. The van der Waals surface area contributed by atoms with Crippen LogP contribution in [0.2, 0.25) is 0 Å². The van der Waals surface area contributed by atoms with Crippen LogP contribution in [0.5, 0.6) is 0 Å². The Kier molecular flexibility index (Phi) is 5.01. The van der Waals surface area contributed by atoms with Crippen molar-refractivity contribution < 1.29 is 10.3 Å². The Hall–Kier alpha value is -1.82. The van der Waals surface area contributed by atoms with Crippen molar-refractivity contribution in [3.63, 3.8) is 0 Å². The molecule has 2 rings (SSSR count). The topological polar surface area (TPSA) is 95.0 Å². The predicted molar refractivity (Wildman–Crippen MR) is 82.9 cm³/mol. The summed E-state index contributed by atoms with van der Waals surface area (Å²) < 4.78 is 0. The summed E-state index contributed by atoms with van der Waals surface area (Å²) >= 11 is 0. The summed E-state index contributed by atoms with van der Waals surface area (Å²) in [6.07, 6.45) is 4.30. The summed E-state index contributed by atoms with van der Waals surface area (Å²) in [5, 5.41) is 21.9. The lowest BCUT2D eigenvalue weighted by Crippen LogP contribution is -2.39. The van der Waals surface area contributed by atoms with Crippen LogP contribution in [-0.2, 0) is 0 Å². The van der Waals surface area contributed by atoms with Crippen LogP contribution >= 0.6 is 0 Å². The number of aliphatic hydroxyl groups excluding tert-OH is 1. The van der Waals surface area contributed by atoms with E-state index in [4.69, 9.17) is 10.9 Å². The second-order valence-corrected chi connectivity index (χ2v) is 5.61. The van der Waals surface area contributed by atoms with Crippen LogP contribution in [0.25, 0.3) is 0 Å². The van der Waals surface area contributed by atoms with Crippen molar-refractivity contribution in [2.24, 2.45) is 10.9 Å². The molecule has 1 fully saturated rings. The van der Waals surface area contributed by atoms with Crippen molar-refractivity contribution in [2.45, 2.75) is 45.6 Å². The number of hydrogen-bond acceptors (Lipinski definition) is 5. The standard InChI is InChI=1S/C15H24N4O2/c1-10-8-13(14(11(2)17-10)15(16)18-21)19-7-5-3-4-6-12(19)9-20/h8,12,20-21H,3-7,9H2,1-2H3,(H2,16,18). The molecule has 1 saturated heterocycles. The normalized spacial score (nSPS) is 20.4. The van der Waals surface area contributed by atoms with Gasteiger partial charge >= 0.3 is 0 Å². The summed E-state index contributed by atoms with van der Waals surface area (Å²) in [7, 11) is 0. The van der Waals surface area contributed by atoms with E-state index in [1.54, 1.807) is 0 Å². The molecule has 1 unspecified atom stereocenters. The van der Waals surface area contributed by atoms with Gasteiger partial charge in [0.05, 0.1) is 29.6 Å². The van der Waals surface area contributed by atoms with E-state index in [0.717, 1.165) is 49.3 Å². The van der Waals surface area contributed by atoms with Crippen molar-refractivity contribution in [3.05, 3.63) is 23.0 Å². The second-order valence-electron chi connectivity index (χ2n) is 5.61. The quantitative estimate of drug-likeness (QED) is 0.340. The molecule has 6 heteroatoms. The molecule has 6 nitrogen and oxygen atoms in total. The van der Waals surface area contributed by atoms with Crippen molar-refractivity contribution in [1.82, 2.24) is 4.98 Å². The highest BCUT2D eigenvalue weighted by atomic mass is 16.4. The molecule has 1 aliphatic heterocycles. The van der Waals surface area contributed by atoms with Gasteiger partial charge in [0.1, 0.15) is 0 Å². The van der Waals surface area contributed by atoms with E-state index in [0.29, 0.717) is 5.56 Å². The van der Waals surface area contributed by atoms with Gasteiger partial charge in [-0.05, 0) is 32.8 Å². The van der Waals surface area contributed by atoms with Gasteiger partial charge in [-0.1, -0.05) is 18.0 Å². The number of aryl methyl sites for hydroxylation is 2. The third-order valence-corrected chi connectivity index (χ3v) is 4.07. The van der Waals surface area contributed by atoms with E-state index in [1.165, 1.54) is 0 Å². The van der Waals surface area contributed by atoms with Crippen molar-refractivity contribution in [1.29, 1.82) is 0 Å². The highest BCUT2D eigenvalue weighted by Gasteiger charge is 2.25. The first kappa shape index (κ1) is 15.6. The molecule has 0 aromatic carbocycles. The number of aromatic nitrogens is 1. The minimum absolute atomic E-state index is 0.0657. The van der Waals surface area contributed by atoms with Crippen molar-refractivity contribution >= 4 is 11.5 Å². The molecule has 0 bridgehead atoms. The molecule has 21 heavy (non-hydrogen) atoms. The Morgan fingerprint density at radius 1 is 1.43 bits per heavy atom. The third kappa shape index (κ3) is 3.26.